The topological polar surface area (TPSA) is 20.2 Å². The molecule has 0 heterocycles. The van der Waals surface area contributed by atoms with Gasteiger partial charge in [-0.25, -0.2) is 0 Å². The van der Waals surface area contributed by atoms with Crippen molar-refractivity contribution in [3.05, 3.63) is 12.2 Å². The Morgan fingerprint density at radius 1 is 1.05 bits per heavy atom. The smallest absolute Gasteiger partial charge is 0.0596 e. The SMILES string of the molecule is C=C1C[C@@H]2CC[C@@H]3[C@H](CC[C@]4(C)[C@@H](O)CC[C@@H]34)[C@H]2C[C@H]1C. The van der Waals surface area contributed by atoms with E-state index in [9.17, 15) is 5.11 Å². The van der Waals surface area contributed by atoms with Crippen LogP contribution >= 0.6 is 0 Å². The van der Waals surface area contributed by atoms with Crippen molar-refractivity contribution in [2.75, 3.05) is 0 Å². The van der Waals surface area contributed by atoms with E-state index in [2.05, 4.69) is 20.4 Å². The van der Waals surface area contributed by atoms with Gasteiger partial charge in [0, 0.05) is 0 Å². The number of fused-ring (bicyclic) bond motifs is 5. The molecule has 118 valence electrons. The van der Waals surface area contributed by atoms with Gasteiger partial charge in [0.05, 0.1) is 6.10 Å². The number of aliphatic hydroxyl groups is 1. The molecule has 21 heavy (non-hydrogen) atoms. The first kappa shape index (κ1) is 14.3. The molecule has 0 aromatic heterocycles. The summed E-state index contributed by atoms with van der Waals surface area (Å²) in [6.45, 7) is 9.12. The molecule has 0 amide bonds. The molecule has 0 aromatic rings. The summed E-state index contributed by atoms with van der Waals surface area (Å²) >= 11 is 0. The van der Waals surface area contributed by atoms with Gasteiger partial charge in [-0.05, 0) is 92.3 Å². The van der Waals surface area contributed by atoms with Crippen LogP contribution in [0.4, 0.5) is 0 Å². The predicted octanol–water partition coefficient (Wildman–Crippen LogP) is 4.80. The van der Waals surface area contributed by atoms with Crippen molar-refractivity contribution in [2.24, 2.45) is 40.9 Å². The number of hydrogen-bond donors (Lipinski definition) is 1. The molecule has 1 N–H and O–H groups in total. The van der Waals surface area contributed by atoms with Crippen molar-refractivity contribution >= 4 is 0 Å². The van der Waals surface area contributed by atoms with Crippen LogP contribution in [0.15, 0.2) is 12.2 Å². The van der Waals surface area contributed by atoms with Crippen LogP contribution in [0.1, 0.15) is 65.2 Å². The molecule has 0 radical (unpaired) electrons. The quantitative estimate of drug-likeness (QED) is 0.635. The van der Waals surface area contributed by atoms with Gasteiger partial charge in [-0.15, -0.1) is 0 Å². The Bertz CT molecular complexity index is 441. The molecule has 0 unspecified atom stereocenters. The van der Waals surface area contributed by atoms with Crippen LogP contribution in [0.3, 0.4) is 0 Å². The highest BCUT2D eigenvalue weighted by molar-refractivity contribution is 5.11. The molecule has 4 saturated carbocycles. The van der Waals surface area contributed by atoms with Crippen LogP contribution in [-0.2, 0) is 0 Å². The number of allylic oxidation sites excluding steroid dienone is 1. The number of aliphatic hydroxyl groups excluding tert-OH is 1. The molecule has 4 fully saturated rings. The van der Waals surface area contributed by atoms with E-state index in [1.165, 1.54) is 50.5 Å². The van der Waals surface area contributed by atoms with E-state index >= 15 is 0 Å². The summed E-state index contributed by atoms with van der Waals surface area (Å²) in [7, 11) is 0. The molecule has 0 saturated heterocycles. The lowest BCUT2D eigenvalue weighted by Crippen LogP contribution is -2.49. The second kappa shape index (κ2) is 4.85. The highest BCUT2D eigenvalue weighted by atomic mass is 16.3. The molecule has 0 spiro atoms. The summed E-state index contributed by atoms with van der Waals surface area (Å²) < 4.78 is 0. The van der Waals surface area contributed by atoms with Gasteiger partial charge in [-0.1, -0.05) is 26.0 Å². The Balaban J connectivity index is 1.58. The minimum Gasteiger partial charge on any atom is -0.393 e. The number of hydrogen-bond acceptors (Lipinski definition) is 1. The van der Waals surface area contributed by atoms with Gasteiger partial charge in [0.1, 0.15) is 0 Å². The zero-order valence-corrected chi connectivity index (χ0v) is 13.9. The molecular weight excluding hydrogens is 256 g/mol. The largest absolute Gasteiger partial charge is 0.393 e. The summed E-state index contributed by atoms with van der Waals surface area (Å²) in [6, 6.07) is 0. The zero-order chi connectivity index (χ0) is 14.8. The third-order valence-electron chi connectivity index (χ3n) is 8.32. The molecule has 8 atom stereocenters. The van der Waals surface area contributed by atoms with Crippen molar-refractivity contribution in [2.45, 2.75) is 71.3 Å². The third-order valence-corrected chi connectivity index (χ3v) is 8.32. The average Bonchev–Trinajstić information content (AvgIpc) is 2.76. The van der Waals surface area contributed by atoms with Crippen molar-refractivity contribution in [3.8, 4) is 0 Å². The van der Waals surface area contributed by atoms with Crippen LogP contribution in [0.25, 0.3) is 0 Å². The molecule has 1 heteroatoms. The third kappa shape index (κ3) is 1.99. The summed E-state index contributed by atoms with van der Waals surface area (Å²) in [6.07, 6.45) is 10.6. The maximum absolute atomic E-state index is 10.5. The fraction of sp³-hybridized carbons (Fsp3) is 0.900. The molecule has 4 aliphatic carbocycles. The van der Waals surface area contributed by atoms with E-state index in [0.29, 0.717) is 0 Å². The van der Waals surface area contributed by atoms with Gasteiger partial charge < -0.3 is 5.11 Å². The maximum atomic E-state index is 10.5. The van der Waals surface area contributed by atoms with E-state index in [0.717, 1.165) is 41.9 Å². The fourth-order valence-corrected chi connectivity index (χ4v) is 6.94. The number of rotatable bonds is 0. The van der Waals surface area contributed by atoms with E-state index in [-0.39, 0.29) is 11.5 Å². The van der Waals surface area contributed by atoms with Gasteiger partial charge in [0.15, 0.2) is 0 Å². The molecule has 0 aromatic carbocycles. The van der Waals surface area contributed by atoms with Crippen LogP contribution in [-0.4, -0.2) is 11.2 Å². The molecule has 0 bridgehead atoms. The average molecular weight is 288 g/mol. The first-order valence-corrected chi connectivity index (χ1v) is 9.36. The maximum Gasteiger partial charge on any atom is 0.0596 e. The van der Waals surface area contributed by atoms with Crippen LogP contribution < -0.4 is 0 Å². The minimum absolute atomic E-state index is 0.0220. The van der Waals surface area contributed by atoms with E-state index in [1.54, 1.807) is 0 Å². The van der Waals surface area contributed by atoms with Gasteiger partial charge in [-0.3, -0.25) is 0 Å². The predicted molar refractivity (Wildman–Crippen MR) is 86.8 cm³/mol. The van der Waals surface area contributed by atoms with E-state index in [4.69, 9.17) is 0 Å². The van der Waals surface area contributed by atoms with Crippen molar-refractivity contribution in [1.29, 1.82) is 0 Å². The van der Waals surface area contributed by atoms with E-state index in [1.807, 2.05) is 0 Å². The fourth-order valence-electron chi connectivity index (χ4n) is 6.94. The highest BCUT2D eigenvalue weighted by Crippen LogP contribution is 2.62. The van der Waals surface area contributed by atoms with Gasteiger partial charge in [0.25, 0.3) is 0 Å². The molecule has 1 nitrogen and oxygen atoms in total. The second-order valence-corrected chi connectivity index (χ2v) is 9.07. The van der Waals surface area contributed by atoms with Crippen molar-refractivity contribution in [1.82, 2.24) is 0 Å². The Labute approximate surface area is 130 Å². The Morgan fingerprint density at radius 2 is 1.86 bits per heavy atom. The van der Waals surface area contributed by atoms with Crippen molar-refractivity contribution < 1.29 is 5.11 Å². The molecule has 4 aliphatic rings. The molecule has 4 rings (SSSR count). The van der Waals surface area contributed by atoms with Crippen molar-refractivity contribution in [3.63, 3.8) is 0 Å². The highest BCUT2D eigenvalue weighted by Gasteiger charge is 2.56. The van der Waals surface area contributed by atoms with Crippen LogP contribution in [0.2, 0.25) is 0 Å². The first-order chi connectivity index (χ1) is 10.0. The van der Waals surface area contributed by atoms with Crippen LogP contribution in [0, 0.1) is 40.9 Å². The Morgan fingerprint density at radius 3 is 2.67 bits per heavy atom. The Kier molecular flexibility index (Phi) is 3.30. The lowest BCUT2D eigenvalue weighted by Gasteiger charge is -2.56. The molecule has 0 aliphatic heterocycles. The van der Waals surface area contributed by atoms with Gasteiger partial charge in [0.2, 0.25) is 0 Å². The monoisotopic (exact) mass is 288 g/mol. The normalized spacial score (nSPS) is 56.5. The lowest BCUT2D eigenvalue weighted by molar-refractivity contribution is -0.0807. The minimum atomic E-state index is -0.0220. The summed E-state index contributed by atoms with van der Waals surface area (Å²) in [4.78, 5) is 0. The zero-order valence-electron chi connectivity index (χ0n) is 13.9. The summed E-state index contributed by atoms with van der Waals surface area (Å²) in [5.41, 5.74) is 1.77. The summed E-state index contributed by atoms with van der Waals surface area (Å²) in [5, 5.41) is 10.5. The first-order valence-electron chi connectivity index (χ1n) is 9.36. The lowest BCUT2D eigenvalue weighted by atomic mass is 9.49. The van der Waals surface area contributed by atoms with E-state index < -0.39 is 0 Å². The van der Waals surface area contributed by atoms with Crippen LogP contribution in [0.5, 0.6) is 0 Å². The van der Waals surface area contributed by atoms with Gasteiger partial charge >= 0.3 is 0 Å². The molecular formula is C20H32O. The van der Waals surface area contributed by atoms with Gasteiger partial charge in [-0.2, -0.15) is 0 Å². The Hall–Kier alpha value is -0.300. The summed E-state index contributed by atoms with van der Waals surface area (Å²) in [5.74, 6) is 5.33. The second-order valence-electron chi connectivity index (χ2n) is 9.07. The standard InChI is InChI=1S/C20H32O/c1-12-10-14-4-5-16-15(17(14)11-13(12)2)8-9-20(3)18(16)6-7-19(20)21/h13-19,21H,1,4-11H2,2-3H3/t13-,14+,15+,16-,17+,18+,19+,20+/m1/s1.